The molecular weight excluding hydrogens is 314 g/mol. The van der Waals surface area contributed by atoms with Gasteiger partial charge in [0.15, 0.2) is 0 Å². The summed E-state index contributed by atoms with van der Waals surface area (Å²) in [5, 5.41) is 12.0. The minimum atomic E-state index is -0.293. The first-order valence-corrected chi connectivity index (χ1v) is 8.14. The summed E-state index contributed by atoms with van der Waals surface area (Å²) >= 11 is 1.35. The maximum absolute atomic E-state index is 12.3. The number of fused-ring (bicyclic) bond motifs is 1. The van der Waals surface area contributed by atoms with E-state index in [2.05, 4.69) is 20.5 Å². The summed E-state index contributed by atoms with van der Waals surface area (Å²) in [7, 11) is 0. The van der Waals surface area contributed by atoms with E-state index >= 15 is 0 Å². The van der Waals surface area contributed by atoms with E-state index < -0.39 is 0 Å². The summed E-state index contributed by atoms with van der Waals surface area (Å²) < 4.78 is 7.09. The molecule has 0 aliphatic carbocycles. The van der Waals surface area contributed by atoms with Crippen molar-refractivity contribution in [2.75, 3.05) is 18.5 Å². The minimum Gasteiger partial charge on any atom is -0.381 e. The number of aryl methyl sites for hydroxylation is 1. The number of amides is 1. The number of rotatable bonds is 6. The monoisotopic (exact) mass is 331 g/mol. The number of carbonyl (C=O) groups excluding carboxylic acids is 1. The number of hydrogen-bond acceptors (Lipinski definition) is 6. The van der Waals surface area contributed by atoms with Gasteiger partial charge in [-0.25, -0.2) is 4.98 Å². The fourth-order valence-electron chi connectivity index (χ4n) is 2.06. The Labute approximate surface area is 137 Å². The van der Waals surface area contributed by atoms with Gasteiger partial charge in [0.05, 0.1) is 6.61 Å². The number of nitrogens with one attached hydrogen (secondary N) is 1. The van der Waals surface area contributed by atoms with E-state index in [1.54, 1.807) is 6.20 Å². The molecule has 0 radical (unpaired) electrons. The second kappa shape index (κ2) is 6.84. The highest BCUT2D eigenvalue weighted by atomic mass is 32.1. The van der Waals surface area contributed by atoms with E-state index in [-0.39, 0.29) is 5.91 Å². The van der Waals surface area contributed by atoms with Crippen molar-refractivity contribution in [1.82, 2.24) is 19.6 Å². The van der Waals surface area contributed by atoms with Gasteiger partial charge >= 0.3 is 0 Å². The van der Waals surface area contributed by atoms with Gasteiger partial charge in [0.2, 0.25) is 5.13 Å². The summed E-state index contributed by atoms with van der Waals surface area (Å²) in [5.41, 5.74) is 2.18. The molecule has 23 heavy (non-hydrogen) atoms. The molecular formula is C15H17N5O2S. The molecule has 0 saturated heterocycles. The third-order valence-electron chi connectivity index (χ3n) is 3.20. The summed E-state index contributed by atoms with van der Waals surface area (Å²) in [6.45, 7) is 5.21. The highest BCUT2D eigenvalue weighted by Gasteiger charge is 2.13. The molecule has 0 aromatic carbocycles. The number of pyridine rings is 1. The number of anilines is 1. The Bertz CT molecular complexity index is 826. The third-order valence-corrected chi connectivity index (χ3v) is 4.10. The Balaban J connectivity index is 1.68. The average molecular weight is 331 g/mol. The zero-order chi connectivity index (χ0) is 16.2. The lowest BCUT2D eigenvalue weighted by molar-refractivity contribution is 0.102. The van der Waals surface area contributed by atoms with Crippen molar-refractivity contribution in [3.8, 4) is 0 Å². The van der Waals surface area contributed by atoms with Crippen LogP contribution in [0, 0.1) is 6.92 Å². The molecule has 1 amide bonds. The van der Waals surface area contributed by atoms with E-state index in [4.69, 9.17) is 4.74 Å². The van der Waals surface area contributed by atoms with Crippen molar-refractivity contribution in [3.05, 3.63) is 40.8 Å². The van der Waals surface area contributed by atoms with Crippen molar-refractivity contribution in [1.29, 1.82) is 0 Å². The van der Waals surface area contributed by atoms with Crippen LogP contribution in [0.3, 0.4) is 0 Å². The number of imidazole rings is 1. The quantitative estimate of drug-likeness (QED) is 0.701. The van der Waals surface area contributed by atoms with E-state index in [0.717, 1.165) is 16.2 Å². The van der Waals surface area contributed by atoms with Crippen molar-refractivity contribution in [3.63, 3.8) is 0 Å². The Kier molecular flexibility index (Phi) is 4.63. The SMILES string of the molecule is CCOCCc1nnc(NC(=O)c2cn3ccc(C)cc3n2)s1. The first-order valence-electron chi connectivity index (χ1n) is 7.32. The lowest BCUT2D eigenvalue weighted by Crippen LogP contribution is -2.12. The molecule has 0 aliphatic heterocycles. The van der Waals surface area contributed by atoms with E-state index in [1.165, 1.54) is 11.3 Å². The first-order chi connectivity index (χ1) is 11.2. The van der Waals surface area contributed by atoms with Crippen LogP contribution in [0.2, 0.25) is 0 Å². The predicted octanol–water partition coefficient (Wildman–Crippen LogP) is 2.33. The maximum Gasteiger partial charge on any atom is 0.277 e. The van der Waals surface area contributed by atoms with Crippen LogP contribution in [0.4, 0.5) is 5.13 Å². The van der Waals surface area contributed by atoms with Gasteiger partial charge in [0.25, 0.3) is 5.91 Å². The van der Waals surface area contributed by atoms with E-state index in [0.29, 0.717) is 30.5 Å². The summed E-state index contributed by atoms with van der Waals surface area (Å²) in [6.07, 6.45) is 4.27. The fourth-order valence-corrected chi connectivity index (χ4v) is 2.78. The highest BCUT2D eigenvalue weighted by molar-refractivity contribution is 7.15. The molecule has 7 nitrogen and oxygen atoms in total. The second-order valence-corrected chi connectivity index (χ2v) is 6.06. The lowest BCUT2D eigenvalue weighted by atomic mass is 10.3. The molecule has 3 rings (SSSR count). The Hall–Kier alpha value is -2.32. The van der Waals surface area contributed by atoms with Gasteiger partial charge in [-0.2, -0.15) is 0 Å². The lowest BCUT2D eigenvalue weighted by Gasteiger charge is -1.96. The molecule has 3 heterocycles. The molecule has 120 valence electrons. The molecule has 1 N–H and O–H groups in total. The van der Waals surface area contributed by atoms with Crippen LogP contribution in [0.1, 0.15) is 28.0 Å². The summed E-state index contributed by atoms with van der Waals surface area (Å²) in [6, 6.07) is 3.89. The van der Waals surface area contributed by atoms with Gasteiger partial charge in [0, 0.05) is 25.4 Å². The number of ether oxygens (including phenoxy) is 1. The Morgan fingerprint density at radius 1 is 1.43 bits per heavy atom. The van der Waals surface area contributed by atoms with Crippen LogP contribution >= 0.6 is 11.3 Å². The van der Waals surface area contributed by atoms with Gasteiger partial charge in [-0.15, -0.1) is 10.2 Å². The standard InChI is InChI=1S/C15H17N5O2S/c1-3-22-7-5-13-18-19-15(23-13)17-14(21)11-9-20-6-4-10(2)8-12(20)16-11/h4,6,8-9H,3,5,7H2,1-2H3,(H,17,19,21). The number of hydrogen-bond donors (Lipinski definition) is 1. The van der Waals surface area contributed by atoms with Crippen LogP contribution in [-0.2, 0) is 11.2 Å². The largest absolute Gasteiger partial charge is 0.381 e. The van der Waals surface area contributed by atoms with Gasteiger partial charge < -0.3 is 9.14 Å². The van der Waals surface area contributed by atoms with Crippen LogP contribution in [0.15, 0.2) is 24.5 Å². The van der Waals surface area contributed by atoms with Crippen molar-refractivity contribution >= 4 is 28.0 Å². The first kappa shape index (κ1) is 15.6. The molecule has 0 spiro atoms. The van der Waals surface area contributed by atoms with Gasteiger partial charge in [0.1, 0.15) is 16.3 Å². The van der Waals surface area contributed by atoms with Crippen LogP contribution < -0.4 is 5.32 Å². The predicted molar refractivity (Wildman–Crippen MR) is 88.0 cm³/mol. The van der Waals surface area contributed by atoms with Gasteiger partial charge in [-0.1, -0.05) is 11.3 Å². The van der Waals surface area contributed by atoms with Crippen molar-refractivity contribution in [2.45, 2.75) is 20.3 Å². The molecule has 0 unspecified atom stereocenters. The normalized spacial score (nSPS) is 11.0. The van der Waals surface area contributed by atoms with Crippen molar-refractivity contribution < 1.29 is 9.53 Å². The molecule has 0 fully saturated rings. The molecule has 3 aromatic heterocycles. The zero-order valence-electron chi connectivity index (χ0n) is 12.9. The summed E-state index contributed by atoms with van der Waals surface area (Å²) in [4.78, 5) is 16.6. The Morgan fingerprint density at radius 2 is 2.30 bits per heavy atom. The highest BCUT2D eigenvalue weighted by Crippen LogP contribution is 2.17. The molecule has 8 heteroatoms. The van der Waals surface area contributed by atoms with Gasteiger partial charge in [-0.3, -0.25) is 10.1 Å². The summed E-state index contributed by atoms with van der Waals surface area (Å²) in [5.74, 6) is -0.293. The Morgan fingerprint density at radius 3 is 3.13 bits per heavy atom. The molecule has 3 aromatic rings. The number of nitrogens with zero attached hydrogens (tertiary/aromatic N) is 4. The van der Waals surface area contributed by atoms with Gasteiger partial charge in [-0.05, 0) is 31.5 Å². The fraction of sp³-hybridized carbons (Fsp3) is 0.333. The second-order valence-electron chi connectivity index (χ2n) is 5.00. The van der Waals surface area contributed by atoms with Crippen molar-refractivity contribution in [2.24, 2.45) is 0 Å². The van der Waals surface area contributed by atoms with E-state index in [9.17, 15) is 4.79 Å². The molecule has 0 bridgehead atoms. The smallest absolute Gasteiger partial charge is 0.277 e. The van der Waals surface area contributed by atoms with Crippen LogP contribution in [-0.4, -0.2) is 38.7 Å². The zero-order valence-corrected chi connectivity index (χ0v) is 13.8. The van der Waals surface area contributed by atoms with E-state index in [1.807, 2.05) is 36.6 Å². The molecule has 0 saturated carbocycles. The molecule has 0 aliphatic rings. The minimum absolute atomic E-state index is 0.293. The number of carbonyl (C=O) groups is 1. The third kappa shape index (κ3) is 3.72. The number of aromatic nitrogens is 4. The molecule has 0 atom stereocenters. The maximum atomic E-state index is 12.3. The van der Waals surface area contributed by atoms with Crippen LogP contribution in [0.25, 0.3) is 5.65 Å². The topological polar surface area (TPSA) is 81.4 Å². The van der Waals surface area contributed by atoms with Crippen LogP contribution in [0.5, 0.6) is 0 Å². The average Bonchev–Trinajstić information content (AvgIpc) is 3.14.